The maximum atomic E-state index is 7.15. The second-order valence-corrected chi connectivity index (χ2v) is 7.52. The lowest BCUT2D eigenvalue weighted by molar-refractivity contribution is 0.0433. The molecule has 0 aliphatic heterocycles. The van der Waals surface area contributed by atoms with Crippen LogP contribution in [0.1, 0.15) is 112 Å². The summed E-state index contributed by atoms with van der Waals surface area (Å²) >= 11 is 0. The Morgan fingerprint density at radius 3 is 1.27 bits per heavy atom. The van der Waals surface area contributed by atoms with E-state index in [0.717, 1.165) is 12.8 Å². The molecule has 0 heterocycles. The lowest BCUT2D eigenvalue weighted by atomic mass is 9.57. The first-order chi connectivity index (χ1) is 10.4. The molecule has 0 radical (unpaired) electrons. The second kappa shape index (κ2) is 11.5. The van der Waals surface area contributed by atoms with Crippen LogP contribution >= 0.6 is 0 Å². The number of hydrogen-bond donors (Lipinski definition) is 2. The van der Waals surface area contributed by atoms with E-state index in [9.17, 15) is 0 Å². The smallest absolute Gasteiger partial charge is 0.0226 e. The zero-order valence-corrected chi connectivity index (χ0v) is 16.2. The third kappa shape index (κ3) is 5.85. The summed E-state index contributed by atoms with van der Waals surface area (Å²) in [6.45, 7) is 11.3. The Bertz CT molecular complexity index is 244. The molecule has 2 heteroatoms. The van der Waals surface area contributed by atoms with Crippen molar-refractivity contribution in [1.29, 1.82) is 0 Å². The fourth-order valence-electron chi connectivity index (χ4n) is 4.12. The number of nitrogens with two attached hydrogens (primary N) is 2. The lowest BCUT2D eigenvalue weighted by Gasteiger charge is -2.52. The molecule has 1 atom stereocenters. The molecule has 0 fully saturated rings. The first-order valence-corrected chi connectivity index (χ1v) is 9.98. The average Bonchev–Trinajstić information content (AvgIpc) is 2.51. The van der Waals surface area contributed by atoms with E-state index >= 15 is 0 Å². The zero-order valence-electron chi connectivity index (χ0n) is 16.2. The molecule has 0 bridgehead atoms. The van der Waals surface area contributed by atoms with Crippen molar-refractivity contribution >= 4 is 0 Å². The molecule has 0 amide bonds. The van der Waals surface area contributed by atoms with E-state index in [1.165, 1.54) is 64.2 Å². The molecule has 0 aromatic rings. The van der Waals surface area contributed by atoms with Gasteiger partial charge in [-0.05, 0) is 32.6 Å². The fraction of sp³-hybridized carbons (Fsp3) is 1.00. The van der Waals surface area contributed by atoms with Crippen LogP contribution in [0.2, 0.25) is 0 Å². The maximum absolute atomic E-state index is 7.15. The summed E-state index contributed by atoms with van der Waals surface area (Å²) in [5.74, 6) is 0. The molecule has 0 saturated carbocycles. The van der Waals surface area contributed by atoms with Crippen LogP contribution in [0, 0.1) is 5.41 Å². The summed E-state index contributed by atoms with van der Waals surface area (Å²) in [5, 5.41) is 0. The summed E-state index contributed by atoms with van der Waals surface area (Å²) in [5.41, 5.74) is 13.8. The highest BCUT2D eigenvalue weighted by atomic mass is 14.9. The van der Waals surface area contributed by atoms with Gasteiger partial charge in [0.2, 0.25) is 0 Å². The van der Waals surface area contributed by atoms with Gasteiger partial charge in [-0.25, -0.2) is 0 Å². The standard InChI is InChI=1S/C20H44N2/c1-6-10-14-19(18(5)21,15-11-7-2)20(22,16-12-8-3)17-13-9-4/h18H,6-17,21-22H2,1-5H3. The van der Waals surface area contributed by atoms with Gasteiger partial charge in [-0.3, -0.25) is 0 Å². The van der Waals surface area contributed by atoms with Gasteiger partial charge in [0.15, 0.2) is 0 Å². The topological polar surface area (TPSA) is 52.0 Å². The first kappa shape index (κ1) is 21.9. The zero-order chi connectivity index (χ0) is 17.1. The Hall–Kier alpha value is -0.0800. The van der Waals surface area contributed by atoms with E-state index < -0.39 is 0 Å². The van der Waals surface area contributed by atoms with E-state index in [-0.39, 0.29) is 17.0 Å². The number of unbranched alkanes of at least 4 members (excludes halogenated alkanes) is 4. The van der Waals surface area contributed by atoms with Gasteiger partial charge in [0.05, 0.1) is 0 Å². The van der Waals surface area contributed by atoms with Crippen molar-refractivity contribution in [2.24, 2.45) is 16.9 Å². The SMILES string of the molecule is CCCCC(N)(CCCC)C(CCCC)(CCCC)C(C)N. The van der Waals surface area contributed by atoms with Crippen molar-refractivity contribution in [3.63, 3.8) is 0 Å². The van der Waals surface area contributed by atoms with E-state index in [4.69, 9.17) is 11.5 Å². The molecule has 0 aromatic heterocycles. The predicted octanol–water partition coefficient (Wildman–Crippen LogP) is 5.78. The molecule has 0 rings (SSSR count). The van der Waals surface area contributed by atoms with Crippen molar-refractivity contribution in [2.45, 2.75) is 123 Å². The highest BCUT2D eigenvalue weighted by Gasteiger charge is 2.48. The molecule has 0 aromatic carbocycles. The molecule has 22 heavy (non-hydrogen) atoms. The van der Waals surface area contributed by atoms with Gasteiger partial charge in [0.1, 0.15) is 0 Å². The van der Waals surface area contributed by atoms with Crippen molar-refractivity contribution in [3.8, 4) is 0 Å². The molecule has 1 unspecified atom stereocenters. The normalized spacial score (nSPS) is 14.3. The summed E-state index contributed by atoms with van der Waals surface area (Å²) in [6, 6.07) is 0.185. The molecule has 0 saturated heterocycles. The number of rotatable bonds is 14. The van der Waals surface area contributed by atoms with Gasteiger partial charge in [-0.2, -0.15) is 0 Å². The van der Waals surface area contributed by atoms with Gasteiger partial charge >= 0.3 is 0 Å². The summed E-state index contributed by atoms with van der Waals surface area (Å²) in [7, 11) is 0. The quantitative estimate of drug-likeness (QED) is 0.427. The predicted molar refractivity (Wildman–Crippen MR) is 101 cm³/mol. The van der Waals surface area contributed by atoms with Gasteiger partial charge in [-0.15, -0.1) is 0 Å². The van der Waals surface area contributed by atoms with Crippen molar-refractivity contribution in [1.82, 2.24) is 0 Å². The Labute approximate surface area is 140 Å². The highest BCUT2D eigenvalue weighted by molar-refractivity contribution is 5.06. The Morgan fingerprint density at radius 1 is 0.682 bits per heavy atom. The van der Waals surface area contributed by atoms with E-state index in [2.05, 4.69) is 34.6 Å². The van der Waals surface area contributed by atoms with Crippen LogP contribution in [0.15, 0.2) is 0 Å². The van der Waals surface area contributed by atoms with Crippen LogP contribution in [-0.4, -0.2) is 11.6 Å². The highest BCUT2D eigenvalue weighted by Crippen LogP contribution is 2.47. The number of hydrogen-bond acceptors (Lipinski definition) is 2. The van der Waals surface area contributed by atoms with Gasteiger partial charge in [0.25, 0.3) is 0 Å². The van der Waals surface area contributed by atoms with Gasteiger partial charge in [-0.1, -0.05) is 79.1 Å². The lowest BCUT2D eigenvalue weighted by Crippen LogP contribution is -2.62. The van der Waals surface area contributed by atoms with Gasteiger partial charge < -0.3 is 11.5 Å². The fourth-order valence-corrected chi connectivity index (χ4v) is 4.12. The van der Waals surface area contributed by atoms with E-state index in [0.29, 0.717) is 0 Å². The van der Waals surface area contributed by atoms with Crippen LogP contribution < -0.4 is 11.5 Å². The second-order valence-electron chi connectivity index (χ2n) is 7.52. The van der Waals surface area contributed by atoms with Crippen molar-refractivity contribution in [2.75, 3.05) is 0 Å². The third-order valence-electron chi connectivity index (χ3n) is 5.77. The van der Waals surface area contributed by atoms with Crippen LogP contribution in [-0.2, 0) is 0 Å². The summed E-state index contributed by atoms with van der Waals surface area (Å²) < 4.78 is 0. The monoisotopic (exact) mass is 312 g/mol. The molecule has 4 N–H and O–H groups in total. The Balaban J connectivity index is 5.53. The van der Waals surface area contributed by atoms with Crippen LogP contribution in [0.5, 0.6) is 0 Å². The molecular formula is C20H44N2. The van der Waals surface area contributed by atoms with Gasteiger partial charge in [0, 0.05) is 17.0 Å². The molecule has 0 aliphatic rings. The molecule has 0 spiro atoms. The molecule has 134 valence electrons. The minimum Gasteiger partial charge on any atom is -0.327 e. The first-order valence-electron chi connectivity index (χ1n) is 9.98. The van der Waals surface area contributed by atoms with Crippen molar-refractivity contribution in [3.05, 3.63) is 0 Å². The van der Waals surface area contributed by atoms with Crippen molar-refractivity contribution < 1.29 is 0 Å². The largest absolute Gasteiger partial charge is 0.327 e. The van der Waals surface area contributed by atoms with E-state index in [1.54, 1.807) is 0 Å². The third-order valence-corrected chi connectivity index (χ3v) is 5.77. The molecule has 2 nitrogen and oxygen atoms in total. The van der Waals surface area contributed by atoms with Crippen LogP contribution in [0.4, 0.5) is 0 Å². The summed E-state index contributed by atoms with van der Waals surface area (Å²) in [4.78, 5) is 0. The van der Waals surface area contributed by atoms with Crippen LogP contribution in [0.25, 0.3) is 0 Å². The Morgan fingerprint density at radius 2 is 1.00 bits per heavy atom. The van der Waals surface area contributed by atoms with Crippen LogP contribution in [0.3, 0.4) is 0 Å². The van der Waals surface area contributed by atoms with E-state index in [1.807, 2.05) is 0 Å². The average molecular weight is 313 g/mol. The Kier molecular flexibility index (Phi) is 11.4. The molecule has 0 aliphatic carbocycles. The maximum Gasteiger partial charge on any atom is 0.0226 e. The minimum absolute atomic E-state index is 0.0858. The minimum atomic E-state index is -0.0858. The molecular weight excluding hydrogens is 268 g/mol. The summed E-state index contributed by atoms with van der Waals surface area (Å²) in [6.07, 6.45) is 14.6.